The summed E-state index contributed by atoms with van der Waals surface area (Å²) < 4.78 is 0. The van der Waals surface area contributed by atoms with Gasteiger partial charge in [0.25, 0.3) is 0 Å². The molecule has 2 atom stereocenters. The first-order chi connectivity index (χ1) is 9.06. The Morgan fingerprint density at radius 1 is 1.16 bits per heavy atom. The zero-order chi connectivity index (χ0) is 13.5. The maximum absolute atomic E-state index is 10.9. The molecule has 1 aromatic rings. The van der Waals surface area contributed by atoms with Crippen molar-refractivity contribution >= 4 is 23.2 Å². The Kier molecular flexibility index (Phi) is 3.81. The van der Waals surface area contributed by atoms with Crippen LogP contribution in [0.15, 0.2) is 18.2 Å². The molecule has 2 unspecified atom stereocenters. The Labute approximate surface area is 124 Å². The van der Waals surface area contributed by atoms with E-state index in [0.717, 1.165) is 36.7 Å². The molecule has 1 aromatic carbocycles. The van der Waals surface area contributed by atoms with Crippen molar-refractivity contribution in [2.45, 2.75) is 50.5 Å². The first-order valence-corrected chi connectivity index (χ1v) is 7.98. The van der Waals surface area contributed by atoms with E-state index in [-0.39, 0.29) is 0 Å². The maximum Gasteiger partial charge on any atom is 0.0691 e. The number of halogens is 2. The molecule has 2 fully saturated rings. The van der Waals surface area contributed by atoms with Crippen LogP contribution < -0.4 is 0 Å². The molecule has 0 amide bonds. The Hall–Kier alpha value is -0.240. The summed E-state index contributed by atoms with van der Waals surface area (Å²) >= 11 is 12.1. The molecule has 3 rings (SSSR count). The molecular formula is C16H20Cl2O. The van der Waals surface area contributed by atoms with Gasteiger partial charge in [0.05, 0.1) is 5.60 Å². The molecule has 0 aliphatic heterocycles. The van der Waals surface area contributed by atoms with E-state index < -0.39 is 5.60 Å². The van der Waals surface area contributed by atoms with Crippen molar-refractivity contribution in [1.82, 2.24) is 0 Å². The third kappa shape index (κ3) is 3.26. The van der Waals surface area contributed by atoms with E-state index in [1.165, 1.54) is 19.3 Å². The molecule has 0 spiro atoms. The maximum atomic E-state index is 10.9. The van der Waals surface area contributed by atoms with Crippen LogP contribution in [0.5, 0.6) is 0 Å². The first-order valence-electron chi connectivity index (χ1n) is 7.22. The molecule has 2 aliphatic carbocycles. The van der Waals surface area contributed by atoms with Gasteiger partial charge < -0.3 is 5.11 Å². The standard InChI is InChI=1S/C16H20Cl2O/c17-14-6-5-13(15(18)8-14)10-16(19)7-1-2-12(9-16)11-3-4-11/h5-6,8,11-12,19H,1-4,7,9-10H2. The van der Waals surface area contributed by atoms with Crippen LogP contribution in [0.1, 0.15) is 44.1 Å². The zero-order valence-corrected chi connectivity index (χ0v) is 12.6. The highest BCUT2D eigenvalue weighted by molar-refractivity contribution is 6.35. The Morgan fingerprint density at radius 2 is 1.95 bits per heavy atom. The fraction of sp³-hybridized carbons (Fsp3) is 0.625. The fourth-order valence-corrected chi connectivity index (χ4v) is 4.01. The molecular weight excluding hydrogens is 279 g/mol. The number of hydrogen-bond donors (Lipinski definition) is 1. The molecule has 0 saturated heterocycles. The summed E-state index contributed by atoms with van der Waals surface area (Å²) in [5.41, 5.74) is 0.452. The van der Waals surface area contributed by atoms with Crippen LogP contribution in [-0.4, -0.2) is 10.7 Å². The van der Waals surface area contributed by atoms with Gasteiger partial charge in [-0.25, -0.2) is 0 Å². The molecule has 3 heteroatoms. The average molecular weight is 299 g/mol. The molecule has 1 N–H and O–H groups in total. The summed E-state index contributed by atoms with van der Waals surface area (Å²) in [6.45, 7) is 0. The molecule has 104 valence electrons. The van der Waals surface area contributed by atoms with Gasteiger partial charge in [-0.15, -0.1) is 0 Å². The van der Waals surface area contributed by atoms with Crippen LogP contribution in [-0.2, 0) is 6.42 Å². The normalized spacial score (nSPS) is 31.4. The summed E-state index contributed by atoms with van der Waals surface area (Å²) in [6, 6.07) is 5.57. The highest BCUT2D eigenvalue weighted by atomic mass is 35.5. The minimum Gasteiger partial charge on any atom is -0.390 e. The van der Waals surface area contributed by atoms with Crippen molar-refractivity contribution in [3.8, 4) is 0 Å². The van der Waals surface area contributed by atoms with Gasteiger partial charge in [0.2, 0.25) is 0 Å². The molecule has 2 saturated carbocycles. The number of hydrogen-bond acceptors (Lipinski definition) is 1. The molecule has 0 aromatic heterocycles. The number of benzene rings is 1. The molecule has 0 heterocycles. The van der Waals surface area contributed by atoms with Gasteiger partial charge in [0.15, 0.2) is 0 Å². The fourth-order valence-electron chi connectivity index (χ4n) is 3.54. The highest BCUT2D eigenvalue weighted by Gasteiger charge is 2.41. The summed E-state index contributed by atoms with van der Waals surface area (Å²) in [5.74, 6) is 1.61. The third-order valence-corrected chi connectivity index (χ3v) is 5.27. The van der Waals surface area contributed by atoms with Crippen molar-refractivity contribution in [3.63, 3.8) is 0 Å². The molecule has 2 aliphatic rings. The van der Waals surface area contributed by atoms with E-state index in [1.54, 1.807) is 6.07 Å². The predicted octanol–water partition coefficient (Wildman–Crippen LogP) is 4.87. The van der Waals surface area contributed by atoms with Crippen LogP contribution in [0.2, 0.25) is 10.0 Å². The predicted molar refractivity (Wildman–Crippen MR) is 79.8 cm³/mol. The van der Waals surface area contributed by atoms with Crippen LogP contribution in [0.4, 0.5) is 0 Å². The van der Waals surface area contributed by atoms with Crippen molar-refractivity contribution in [2.75, 3.05) is 0 Å². The monoisotopic (exact) mass is 298 g/mol. The lowest BCUT2D eigenvalue weighted by atomic mass is 9.73. The molecule has 0 bridgehead atoms. The van der Waals surface area contributed by atoms with Gasteiger partial charge in [0, 0.05) is 16.5 Å². The van der Waals surface area contributed by atoms with Gasteiger partial charge in [0.1, 0.15) is 0 Å². The van der Waals surface area contributed by atoms with Gasteiger partial charge in [-0.05, 0) is 61.6 Å². The lowest BCUT2D eigenvalue weighted by Gasteiger charge is -2.37. The van der Waals surface area contributed by atoms with Crippen molar-refractivity contribution < 1.29 is 5.11 Å². The smallest absolute Gasteiger partial charge is 0.0691 e. The largest absolute Gasteiger partial charge is 0.390 e. The molecule has 1 nitrogen and oxygen atoms in total. The second-order valence-corrected chi connectivity index (χ2v) is 7.17. The lowest BCUT2D eigenvalue weighted by molar-refractivity contribution is -0.0195. The second-order valence-electron chi connectivity index (χ2n) is 6.33. The Balaban J connectivity index is 1.73. The number of aliphatic hydroxyl groups is 1. The third-order valence-electron chi connectivity index (χ3n) is 4.68. The average Bonchev–Trinajstić information content (AvgIpc) is 3.17. The SMILES string of the molecule is OC1(Cc2ccc(Cl)cc2Cl)CCCC(C2CC2)C1. The van der Waals surface area contributed by atoms with Crippen molar-refractivity contribution in [1.29, 1.82) is 0 Å². The topological polar surface area (TPSA) is 20.2 Å². The minimum atomic E-state index is -0.566. The summed E-state index contributed by atoms with van der Waals surface area (Å²) in [5, 5.41) is 12.2. The Bertz CT molecular complexity index is 470. The van der Waals surface area contributed by atoms with Crippen LogP contribution in [0, 0.1) is 11.8 Å². The first kappa shape index (κ1) is 13.7. The minimum absolute atomic E-state index is 0.566. The van der Waals surface area contributed by atoms with E-state index in [4.69, 9.17) is 23.2 Å². The summed E-state index contributed by atoms with van der Waals surface area (Å²) in [7, 11) is 0. The molecule has 19 heavy (non-hydrogen) atoms. The van der Waals surface area contributed by atoms with Crippen LogP contribution in [0.25, 0.3) is 0 Å². The lowest BCUT2D eigenvalue weighted by Crippen LogP contribution is -2.38. The Morgan fingerprint density at radius 3 is 2.63 bits per heavy atom. The number of rotatable bonds is 3. The quantitative estimate of drug-likeness (QED) is 0.844. The van der Waals surface area contributed by atoms with E-state index in [1.807, 2.05) is 12.1 Å². The summed E-state index contributed by atoms with van der Waals surface area (Å²) in [4.78, 5) is 0. The van der Waals surface area contributed by atoms with Gasteiger partial charge in [-0.2, -0.15) is 0 Å². The second kappa shape index (κ2) is 5.27. The van der Waals surface area contributed by atoms with E-state index in [2.05, 4.69) is 0 Å². The van der Waals surface area contributed by atoms with E-state index >= 15 is 0 Å². The van der Waals surface area contributed by atoms with Crippen molar-refractivity contribution in [3.05, 3.63) is 33.8 Å². The van der Waals surface area contributed by atoms with E-state index in [0.29, 0.717) is 16.5 Å². The van der Waals surface area contributed by atoms with Crippen LogP contribution in [0.3, 0.4) is 0 Å². The van der Waals surface area contributed by atoms with E-state index in [9.17, 15) is 5.11 Å². The zero-order valence-electron chi connectivity index (χ0n) is 11.0. The van der Waals surface area contributed by atoms with Gasteiger partial charge in [-0.1, -0.05) is 35.7 Å². The van der Waals surface area contributed by atoms with Gasteiger partial charge in [-0.3, -0.25) is 0 Å². The van der Waals surface area contributed by atoms with Crippen LogP contribution >= 0.6 is 23.2 Å². The van der Waals surface area contributed by atoms with Crippen molar-refractivity contribution in [2.24, 2.45) is 11.8 Å². The molecule has 0 radical (unpaired) electrons. The van der Waals surface area contributed by atoms with Gasteiger partial charge >= 0.3 is 0 Å². The summed E-state index contributed by atoms with van der Waals surface area (Å²) in [6.07, 6.45) is 7.66. The highest BCUT2D eigenvalue weighted by Crippen LogP contribution is 2.47.